The Morgan fingerprint density at radius 1 is 1.09 bits per heavy atom. The molecule has 2 atom stereocenters. The molecule has 1 aromatic carbocycles. The Morgan fingerprint density at radius 2 is 1.79 bits per heavy atom. The van der Waals surface area contributed by atoms with Crippen LogP contribution >= 0.6 is 0 Å². The molecule has 0 saturated carbocycles. The number of halogens is 1. The number of amides is 1. The SMILES string of the molecule is COc1ccnc(C(=O)N[C@@H](C)C(=O)OC[C@H](C)Oc2ccc(F)cc2)c1OCOC(C)=O. The van der Waals surface area contributed by atoms with Crippen molar-refractivity contribution in [3.63, 3.8) is 0 Å². The molecule has 0 bridgehead atoms. The van der Waals surface area contributed by atoms with Gasteiger partial charge in [0.05, 0.1) is 7.11 Å². The molecule has 2 aromatic rings. The summed E-state index contributed by atoms with van der Waals surface area (Å²) in [6.45, 7) is 3.76. The maximum atomic E-state index is 13.0. The van der Waals surface area contributed by atoms with E-state index < -0.39 is 42.6 Å². The van der Waals surface area contributed by atoms with Crippen molar-refractivity contribution in [2.45, 2.75) is 32.9 Å². The second-order valence-corrected chi connectivity index (χ2v) is 6.80. The number of ether oxygens (including phenoxy) is 5. The van der Waals surface area contributed by atoms with Gasteiger partial charge in [0.2, 0.25) is 6.79 Å². The summed E-state index contributed by atoms with van der Waals surface area (Å²) in [5.41, 5.74) is -0.172. The molecule has 0 aliphatic rings. The molecule has 1 aromatic heterocycles. The van der Waals surface area contributed by atoms with Gasteiger partial charge in [-0.25, -0.2) is 14.2 Å². The summed E-state index contributed by atoms with van der Waals surface area (Å²) in [5, 5.41) is 2.46. The fraction of sp³-hybridized carbons (Fsp3) is 0.364. The van der Waals surface area contributed by atoms with Crippen LogP contribution in [0.2, 0.25) is 0 Å². The highest BCUT2D eigenvalue weighted by Gasteiger charge is 2.24. The second kappa shape index (κ2) is 12.2. The summed E-state index contributed by atoms with van der Waals surface area (Å²) in [6, 6.07) is 5.85. The van der Waals surface area contributed by atoms with Gasteiger partial charge in [0.25, 0.3) is 5.91 Å². The van der Waals surface area contributed by atoms with Crippen LogP contribution in [-0.4, -0.2) is 55.5 Å². The number of nitrogens with one attached hydrogen (secondary N) is 1. The van der Waals surface area contributed by atoms with Crippen LogP contribution < -0.4 is 19.5 Å². The van der Waals surface area contributed by atoms with Gasteiger partial charge >= 0.3 is 11.9 Å². The Hall–Kier alpha value is -3.89. The van der Waals surface area contributed by atoms with Crippen molar-refractivity contribution >= 4 is 17.8 Å². The average molecular weight is 464 g/mol. The number of rotatable bonds is 11. The van der Waals surface area contributed by atoms with E-state index in [-0.39, 0.29) is 23.8 Å². The van der Waals surface area contributed by atoms with Crippen LogP contribution in [0.4, 0.5) is 4.39 Å². The van der Waals surface area contributed by atoms with E-state index in [1.807, 2.05) is 0 Å². The van der Waals surface area contributed by atoms with Crippen molar-refractivity contribution in [3.8, 4) is 17.2 Å². The number of methoxy groups -OCH3 is 1. The molecule has 0 saturated heterocycles. The Morgan fingerprint density at radius 3 is 2.42 bits per heavy atom. The van der Waals surface area contributed by atoms with Gasteiger partial charge < -0.3 is 29.0 Å². The van der Waals surface area contributed by atoms with Crippen LogP contribution in [0.3, 0.4) is 0 Å². The minimum Gasteiger partial charge on any atom is -0.493 e. The number of benzene rings is 1. The highest BCUT2D eigenvalue weighted by Crippen LogP contribution is 2.29. The van der Waals surface area contributed by atoms with Crippen molar-refractivity contribution in [2.24, 2.45) is 0 Å². The number of hydrogen-bond acceptors (Lipinski definition) is 9. The van der Waals surface area contributed by atoms with E-state index >= 15 is 0 Å². The first kappa shape index (κ1) is 25.4. The molecular formula is C22H25FN2O8. The maximum Gasteiger partial charge on any atom is 0.328 e. The summed E-state index contributed by atoms with van der Waals surface area (Å²) in [6.07, 6.45) is 0.813. The van der Waals surface area contributed by atoms with E-state index in [0.29, 0.717) is 5.75 Å². The minimum atomic E-state index is -1.02. The molecule has 1 heterocycles. The first-order chi connectivity index (χ1) is 15.7. The molecule has 1 N–H and O–H groups in total. The third-order valence-electron chi connectivity index (χ3n) is 4.08. The number of hydrogen-bond donors (Lipinski definition) is 1. The highest BCUT2D eigenvalue weighted by molar-refractivity contribution is 5.98. The van der Waals surface area contributed by atoms with E-state index in [2.05, 4.69) is 10.3 Å². The maximum absolute atomic E-state index is 13.0. The molecule has 0 aliphatic heterocycles. The Kier molecular flexibility index (Phi) is 9.40. The van der Waals surface area contributed by atoms with Crippen LogP contribution in [0.5, 0.6) is 17.2 Å². The summed E-state index contributed by atoms with van der Waals surface area (Å²) >= 11 is 0. The number of nitrogens with zero attached hydrogens (tertiary/aromatic N) is 1. The normalized spacial score (nSPS) is 12.2. The lowest BCUT2D eigenvalue weighted by Crippen LogP contribution is -2.41. The zero-order chi connectivity index (χ0) is 24.4. The lowest BCUT2D eigenvalue weighted by atomic mass is 10.2. The van der Waals surface area contributed by atoms with Crippen LogP contribution in [0.15, 0.2) is 36.5 Å². The lowest BCUT2D eigenvalue weighted by molar-refractivity contribution is -0.148. The summed E-state index contributed by atoms with van der Waals surface area (Å²) in [5.74, 6) is -1.85. The molecule has 11 heteroatoms. The summed E-state index contributed by atoms with van der Waals surface area (Å²) in [4.78, 5) is 39.9. The zero-order valence-electron chi connectivity index (χ0n) is 18.6. The molecule has 0 unspecified atom stereocenters. The molecule has 0 aliphatic carbocycles. The monoisotopic (exact) mass is 464 g/mol. The van der Waals surface area contributed by atoms with Crippen LogP contribution in [0.1, 0.15) is 31.3 Å². The van der Waals surface area contributed by atoms with Crippen LogP contribution in [-0.2, 0) is 19.1 Å². The third-order valence-corrected chi connectivity index (χ3v) is 4.08. The standard InChI is InChI=1S/C22H25FN2O8/c1-13(33-17-7-5-16(23)6-8-17)11-30-22(28)14(2)25-21(27)19-20(32-12-31-15(3)26)18(29-4)9-10-24-19/h5-10,13-14H,11-12H2,1-4H3,(H,25,27)/t13-,14-/m0/s1. The van der Waals surface area contributed by atoms with Gasteiger partial charge in [-0.3, -0.25) is 9.59 Å². The second-order valence-electron chi connectivity index (χ2n) is 6.80. The smallest absolute Gasteiger partial charge is 0.328 e. The van der Waals surface area contributed by atoms with Crippen molar-refractivity contribution < 1.29 is 42.5 Å². The number of pyridine rings is 1. The number of aromatic nitrogens is 1. The van der Waals surface area contributed by atoms with Gasteiger partial charge in [-0.1, -0.05) is 0 Å². The highest BCUT2D eigenvalue weighted by atomic mass is 19.1. The average Bonchev–Trinajstić information content (AvgIpc) is 2.78. The van der Waals surface area contributed by atoms with Crippen molar-refractivity contribution in [1.29, 1.82) is 0 Å². The lowest BCUT2D eigenvalue weighted by Gasteiger charge is -2.18. The fourth-order valence-corrected chi connectivity index (χ4v) is 2.49. The van der Waals surface area contributed by atoms with Crippen molar-refractivity contribution in [1.82, 2.24) is 10.3 Å². The van der Waals surface area contributed by atoms with Crippen molar-refractivity contribution in [2.75, 3.05) is 20.5 Å². The molecule has 0 radical (unpaired) electrons. The minimum absolute atomic E-state index is 0.0550. The molecule has 10 nitrogen and oxygen atoms in total. The Labute approximate surface area is 189 Å². The van der Waals surface area contributed by atoms with Gasteiger partial charge in [-0.2, -0.15) is 0 Å². The van der Waals surface area contributed by atoms with E-state index in [0.717, 1.165) is 0 Å². The summed E-state index contributed by atoms with van der Waals surface area (Å²) < 4.78 is 38.9. The van der Waals surface area contributed by atoms with Crippen LogP contribution in [0.25, 0.3) is 0 Å². The van der Waals surface area contributed by atoms with Gasteiger partial charge in [0.15, 0.2) is 17.2 Å². The first-order valence-corrected chi connectivity index (χ1v) is 9.90. The van der Waals surface area contributed by atoms with E-state index in [1.165, 1.54) is 57.5 Å². The van der Waals surface area contributed by atoms with Crippen molar-refractivity contribution in [3.05, 3.63) is 48.0 Å². The molecule has 0 fully saturated rings. The predicted molar refractivity (Wildman–Crippen MR) is 112 cm³/mol. The van der Waals surface area contributed by atoms with E-state index in [1.54, 1.807) is 6.92 Å². The molecule has 178 valence electrons. The largest absolute Gasteiger partial charge is 0.493 e. The Bertz CT molecular complexity index is 967. The molecule has 0 spiro atoms. The molecule has 33 heavy (non-hydrogen) atoms. The van der Waals surface area contributed by atoms with Crippen LogP contribution in [0, 0.1) is 5.82 Å². The Balaban J connectivity index is 1.93. The van der Waals surface area contributed by atoms with Gasteiger partial charge in [0.1, 0.15) is 30.3 Å². The molecular weight excluding hydrogens is 439 g/mol. The van der Waals surface area contributed by atoms with Gasteiger partial charge in [-0.05, 0) is 38.1 Å². The van der Waals surface area contributed by atoms with Gasteiger partial charge in [-0.15, -0.1) is 0 Å². The zero-order valence-corrected chi connectivity index (χ0v) is 18.6. The fourth-order valence-electron chi connectivity index (χ4n) is 2.49. The number of carbonyl (C=O) groups is 3. The molecule has 1 amide bonds. The third kappa shape index (κ3) is 7.95. The quantitative estimate of drug-likeness (QED) is 0.394. The predicted octanol–water partition coefficient (Wildman–Crippen LogP) is 2.26. The summed E-state index contributed by atoms with van der Waals surface area (Å²) in [7, 11) is 1.37. The first-order valence-electron chi connectivity index (χ1n) is 9.90. The topological polar surface area (TPSA) is 122 Å². The number of esters is 2. The van der Waals surface area contributed by atoms with Gasteiger partial charge in [0, 0.05) is 19.2 Å². The number of carbonyl (C=O) groups excluding carboxylic acids is 3. The van der Waals surface area contributed by atoms with E-state index in [4.69, 9.17) is 23.7 Å². The van der Waals surface area contributed by atoms with E-state index in [9.17, 15) is 18.8 Å². The molecule has 2 rings (SSSR count).